The lowest BCUT2D eigenvalue weighted by Crippen LogP contribution is -2.06. The van der Waals surface area contributed by atoms with Crippen LogP contribution < -0.4 is 5.43 Å². The minimum absolute atomic E-state index is 0.0355. The predicted molar refractivity (Wildman–Crippen MR) is 104 cm³/mol. The fraction of sp³-hybridized carbons (Fsp3) is 0. The molecule has 1 aliphatic heterocycles. The van der Waals surface area contributed by atoms with E-state index in [-0.39, 0.29) is 22.6 Å². The first kappa shape index (κ1) is 17.0. The fourth-order valence-corrected chi connectivity index (χ4v) is 2.70. The molecule has 0 spiro atoms. The van der Waals surface area contributed by atoms with Gasteiger partial charge in [0.25, 0.3) is 0 Å². The van der Waals surface area contributed by atoms with Crippen molar-refractivity contribution in [2.24, 2.45) is 4.99 Å². The molecule has 0 saturated carbocycles. The lowest BCUT2D eigenvalue weighted by Gasteiger charge is -1.97. The molecule has 4 rings (SSSR count). The maximum absolute atomic E-state index is 12.5. The molecule has 1 aliphatic rings. The Hall–Kier alpha value is -3.44. The van der Waals surface area contributed by atoms with E-state index >= 15 is 0 Å². The van der Waals surface area contributed by atoms with Crippen LogP contribution in [0.5, 0.6) is 0 Å². The number of aliphatic imine (C=N–C) groups is 1. The van der Waals surface area contributed by atoms with Crippen molar-refractivity contribution in [2.75, 3.05) is 0 Å². The summed E-state index contributed by atoms with van der Waals surface area (Å²) in [6.45, 7) is 0. The molecule has 0 aliphatic carbocycles. The molecule has 132 valence electrons. The summed E-state index contributed by atoms with van der Waals surface area (Å²) in [6.07, 6.45) is 5.99. The Bertz CT molecular complexity index is 1190. The molecule has 0 amide bonds. The Morgan fingerprint density at radius 2 is 1.74 bits per heavy atom. The normalized spacial score (nSPS) is 15.5. The summed E-state index contributed by atoms with van der Waals surface area (Å²) >= 11 is 5.85. The van der Waals surface area contributed by atoms with Crippen LogP contribution in [0.2, 0.25) is 5.02 Å². The van der Waals surface area contributed by atoms with E-state index in [1.165, 1.54) is 12.3 Å². The highest BCUT2D eigenvalue weighted by atomic mass is 35.5. The third-order valence-corrected chi connectivity index (χ3v) is 4.18. The molecule has 6 heteroatoms. The zero-order valence-electron chi connectivity index (χ0n) is 13.9. The molecule has 0 unspecified atom stereocenters. The molecule has 5 nitrogen and oxygen atoms in total. The second-order valence-corrected chi connectivity index (χ2v) is 6.21. The van der Waals surface area contributed by atoms with Crippen molar-refractivity contribution in [3.8, 4) is 0 Å². The minimum atomic E-state index is -0.627. The van der Waals surface area contributed by atoms with Gasteiger partial charge in [0.15, 0.2) is 11.1 Å². The SMILES string of the molecule is O=C1OC(/C=C/c2ccc(Cl)cc2)=NC/1=C\c1coc2ccccc2c1=O. The van der Waals surface area contributed by atoms with Gasteiger partial charge in [-0.15, -0.1) is 0 Å². The monoisotopic (exact) mass is 377 g/mol. The van der Waals surface area contributed by atoms with Crippen molar-refractivity contribution in [3.63, 3.8) is 0 Å². The van der Waals surface area contributed by atoms with Gasteiger partial charge >= 0.3 is 5.97 Å². The summed E-state index contributed by atoms with van der Waals surface area (Å²) in [5, 5.41) is 1.07. The molecule has 0 radical (unpaired) electrons. The van der Waals surface area contributed by atoms with E-state index in [0.717, 1.165) is 5.56 Å². The number of para-hydroxylation sites is 1. The van der Waals surface area contributed by atoms with Crippen LogP contribution >= 0.6 is 11.6 Å². The zero-order chi connectivity index (χ0) is 18.8. The molecule has 3 aromatic rings. The first-order valence-electron chi connectivity index (χ1n) is 8.07. The molecule has 0 N–H and O–H groups in total. The topological polar surface area (TPSA) is 68.9 Å². The van der Waals surface area contributed by atoms with Crippen molar-refractivity contribution in [1.29, 1.82) is 0 Å². The van der Waals surface area contributed by atoms with E-state index in [0.29, 0.717) is 16.0 Å². The van der Waals surface area contributed by atoms with Crippen molar-refractivity contribution in [1.82, 2.24) is 0 Å². The number of rotatable bonds is 3. The number of halogens is 1. The van der Waals surface area contributed by atoms with Gasteiger partial charge in [0.2, 0.25) is 5.90 Å². The van der Waals surface area contributed by atoms with E-state index < -0.39 is 5.97 Å². The van der Waals surface area contributed by atoms with Crippen LogP contribution in [0.3, 0.4) is 0 Å². The summed E-state index contributed by atoms with van der Waals surface area (Å²) in [5.74, 6) is -0.482. The van der Waals surface area contributed by atoms with E-state index in [9.17, 15) is 9.59 Å². The number of nitrogens with zero attached hydrogens (tertiary/aromatic N) is 1. The Balaban J connectivity index is 1.64. The number of cyclic esters (lactones) is 1. The van der Waals surface area contributed by atoms with Crippen LogP contribution in [0, 0.1) is 0 Å². The maximum Gasteiger partial charge on any atom is 0.363 e. The van der Waals surface area contributed by atoms with Gasteiger partial charge in [-0.25, -0.2) is 9.79 Å². The lowest BCUT2D eigenvalue weighted by molar-refractivity contribution is -0.129. The summed E-state index contributed by atoms with van der Waals surface area (Å²) in [4.78, 5) is 28.7. The average molecular weight is 378 g/mol. The average Bonchev–Trinajstić information content (AvgIpc) is 3.03. The number of benzene rings is 2. The number of ether oxygens (including phenoxy) is 1. The smallest absolute Gasteiger partial charge is 0.363 e. The molecular weight excluding hydrogens is 366 g/mol. The second-order valence-electron chi connectivity index (χ2n) is 5.77. The van der Waals surface area contributed by atoms with Gasteiger partial charge < -0.3 is 9.15 Å². The predicted octanol–water partition coefficient (Wildman–Crippen LogP) is 4.46. The van der Waals surface area contributed by atoms with Crippen LogP contribution in [-0.4, -0.2) is 11.9 Å². The van der Waals surface area contributed by atoms with Gasteiger partial charge in [-0.05, 0) is 42.0 Å². The maximum atomic E-state index is 12.5. The van der Waals surface area contributed by atoms with Gasteiger partial charge in [-0.3, -0.25) is 4.79 Å². The van der Waals surface area contributed by atoms with Crippen LogP contribution in [-0.2, 0) is 9.53 Å². The van der Waals surface area contributed by atoms with Gasteiger partial charge in [-0.2, -0.15) is 0 Å². The van der Waals surface area contributed by atoms with Crippen molar-refractivity contribution < 1.29 is 13.9 Å². The Morgan fingerprint density at radius 3 is 2.56 bits per heavy atom. The summed E-state index contributed by atoms with van der Waals surface area (Å²) in [6, 6.07) is 14.1. The summed E-state index contributed by atoms with van der Waals surface area (Å²) in [5.41, 5.74) is 1.39. The molecule has 0 bridgehead atoms. The third kappa shape index (κ3) is 3.59. The van der Waals surface area contributed by atoms with Crippen LogP contribution in [0.1, 0.15) is 11.1 Å². The molecule has 0 atom stereocenters. The van der Waals surface area contributed by atoms with Crippen LogP contribution in [0.25, 0.3) is 23.1 Å². The van der Waals surface area contributed by atoms with Crippen molar-refractivity contribution in [3.05, 3.63) is 92.9 Å². The number of carbonyl (C=O) groups excluding carboxylic acids is 1. The molecule has 27 heavy (non-hydrogen) atoms. The highest BCUT2D eigenvalue weighted by molar-refractivity contribution is 6.30. The minimum Gasteiger partial charge on any atom is -0.463 e. The third-order valence-electron chi connectivity index (χ3n) is 3.92. The van der Waals surface area contributed by atoms with E-state index in [1.54, 1.807) is 48.6 Å². The Kier molecular flexibility index (Phi) is 4.44. The summed E-state index contributed by atoms with van der Waals surface area (Å²) in [7, 11) is 0. The van der Waals surface area contributed by atoms with Crippen molar-refractivity contribution >= 4 is 46.6 Å². The number of fused-ring (bicyclic) bond motifs is 1. The second kappa shape index (κ2) is 7.05. The standard InChI is InChI=1S/C21H12ClNO4/c22-15-8-5-13(6-9-15)7-10-19-23-17(21(25)27-19)11-14-12-26-18-4-2-1-3-16(18)20(14)24/h1-12H/b10-7+,17-11-. The van der Waals surface area contributed by atoms with Crippen LogP contribution in [0.4, 0.5) is 0 Å². The van der Waals surface area contributed by atoms with Gasteiger partial charge in [0.05, 0.1) is 10.9 Å². The van der Waals surface area contributed by atoms with E-state index in [1.807, 2.05) is 12.1 Å². The zero-order valence-corrected chi connectivity index (χ0v) is 14.6. The first-order valence-corrected chi connectivity index (χ1v) is 8.45. The molecular formula is C21H12ClNO4. The molecule has 1 aromatic heterocycles. The van der Waals surface area contributed by atoms with Crippen molar-refractivity contribution in [2.45, 2.75) is 0 Å². The highest BCUT2D eigenvalue weighted by Crippen LogP contribution is 2.18. The van der Waals surface area contributed by atoms with E-state index in [4.69, 9.17) is 20.8 Å². The number of hydrogen-bond acceptors (Lipinski definition) is 5. The van der Waals surface area contributed by atoms with Gasteiger partial charge in [0.1, 0.15) is 11.8 Å². The first-order chi connectivity index (χ1) is 13.1. The summed E-state index contributed by atoms with van der Waals surface area (Å²) < 4.78 is 10.6. The molecule has 0 fully saturated rings. The van der Waals surface area contributed by atoms with Crippen LogP contribution in [0.15, 0.2) is 80.8 Å². The largest absolute Gasteiger partial charge is 0.463 e. The lowest BCUT2D eigenvalue weighted by atomic mass is 10.1. The highest BCUT2D eigenvalue weighted by Gasteiger charge is 2.22. The number of esters is 1. The van der Waals surface area contributed by atoms with Gasteiger partial charge in [0, 0.05) is 11.1 Å². The number of hydrogen-bond donors (Lipinski definition) is 0. The number of carbonyl (C=O) groups is 1. The van der Waals surface area contributed by atoms with E-state index in [2.05, 4.69) is 4.99 Å². The fourth-order valence-electron chi connectivity index (χ4n) is 2.58. The molecule has 2 aromatic carbocycles. The Morgan fingerprint density at radius 1 is 0.963 bits per heavy atom. The molecule has 0 saturated heterocycles. The molecule has 2 heterocycles. The van der Waals surface area contributed by atoms with Gasteiger partial charge in [-0.1, -0.05) is 35.9 Å². The Labute approximate surface area is 158 Å². The quantitative estimate of drug-likeness (QED) is 0.499.